The molecule has 1 saturated heterocycles. The van der Waals surface area contributed by atoms with Crippen LogP contribution in [0.5, 0.6) is 0 Å². The van der Waals surface area contributed by atoms with Gasteiger partial charge in [0.25, 0.3) is 5.56 Å². The van der Waals surface area contributed by atoms with E-state index in [0.717, 1.165) is 5.56 Å². The Labute approximate surface area is 171 Å². The topological polar surface area (TPSA) is 165 Å². The van der Waals surface area contributed by atoms with E-state index in [4.69, 9.17) is 20.7 Å². The first-order valence-corrected chi connectivity index (χ1v) is 9.37. The highest BCUT2D eigenvalue weighted by molar-refractivity contribution is 5.75. The number of hydrogen-bond donors (Lipinski definition) is 2. The van der Waals surface area contributed by atoms with Gasteiger partial charge in [0.1, 0.15) is 25.0 Å². The van der Waals surface area contributed by atoms with Crippen LogP contribution >= 0.6 is 0 Å². The number of nitrogens with two attached hydrogens (primary N) is 1. The van der Waals surface area contributed by atoms with Gasteiger partial charge in [-0.3, -0.25) is 19.1 Å². The fourth-order valence-electron chi connectivity index (χ4n) is 3.25. The van der Waals surface area contributed by atoms with Crippen molar-refractivity contribution in [3.05, 3.63) is 78.9 Å². The zero-order valence-electron chi connectivity index (χ0n) is 16.3. The number of carbonyl (C=O) groups is 1. The van der Waals surface area contributed by atoms with Crippen molar-refractivity contribution in [1.29, 1.82) is 0 Å². The Morgan fingerprint density at radius 2 is 2.17 bits per heavy atom. The van der Waals surface area contributed by atoms with Crippen LogP contribution in [0, 0.1) is 6.92 Å². The van der Waals surface area contributed by atoms with Gasteiger partial charge in [-0.05, 0) is 24.4 Å². The molecule has 3 rings (SSSR count). The van der Waals surface area contributed by atoms with E-state index in [2.05, 4.69) is 15.0 Å². The average Bonchev–Trinajstić information content (AvgIpc) is 3.12. The van der Waals surface area contributed by atoms with Gasteiger partial charge >= 0.3 is 11.7 Å². The Bertz CT molecular complexity index is 1060. The van der Waals surface area contributed by atoms with Crippen LogP contribution in [0.1, 0.15) is 23.8 Å². The highest BCUT2D eigenvalue weighted by Gasteiger charge is 2.37. The van der Waals surface area contributed by atoms with Gasteiger partial charge in [-0.1, -0.05) is 35.4 Å². The minimum atomic E-state index is -0.855. The minimum Gasteiger partial charge on any atom is -0.462 e. The van der Waals surface area contributed by atoms with Crippen molar-refractivity contribution in [2.24, 2.45) is 10.8 Å². The molecule has 1 aliphatic heterocycles. The lowest BCUT2D eigenvalue weighted by molar-refractivity contribution is -0.150. The maximum Gasteiger partial charge on any atom is 0.330 e. The van der Waals surface area contributed by atoms with Gasteiger partial charge in [0, 0.05) is 23.1 Å². The summed E-state index contributed by atoms with van der Waals surface area (Å²) in [5.74, 6) is -0.609. The number of aromatic amines is 1. The number of azide groups is 1. The number of ether oxygens (including phenoxy) is 2. The second-order valence-electron chi connectivity index (χ2n) is 7.04. The normalized spacial score (nSPS) is 21.6. The summed E-state index contributed by atoms with van der Waals surface area (Å²) in [6.07, 6.45) is 0.361. The van der Waals surface area contributed by atoms with Crippen LogP contribution < -0.4 is 17.0 Å². The minimum absolute atomic E-state index is 0.182. The Morgan fingerprint density at radius 1 is 1.43 bits per heavy atom. The summed E-state index contributed by atoms with van der Waals surface area (Å²) < 4.78 is 12.3. The molecule has 158 valence electrons. The lowest BCUT2D eigenvalue weighted by Crippen LogP contribution is -2.37. The number of esters is 1. The molecule has 0 amide bonds. The maximum atomic E-state index is 12.3. The van der Waals surface area contributed by atoms with Crippen LogP contribution in [0.2, 0.25) is 0 Å². The number of hydrogen-bond acceptors (Lipinski definition) is 7. The third kappa shape index (κ3) is 4.95. The van der Waals surface area contributed by atoms with Crippen LogP contribution in [-0.2, 0) is 20.7 Å². The second kappa shape index (κ2) is 9.40. The molecule has 2 heterocycles. The summed E-state index contributed by atoms with van der Waals surface area (Å²) in [5.41, 5.74) is 14.9. The van der Waals surface area contributed by atoms with Gasteiger partial charge in [-0.15, -0.1) is 0 Å². The van der Waals surface area contributed by atoms with Crippen molar-refractivity contribution >= 4 is 5.97 Å². The lowest BCUT2D eigenvalue weighted by Gasteiger charge is -2.18. The van der Waals surface area contributed by atoms with Crippen molar-refractivity contribution in [1.82, 2.24) is 9.55 Å². The molecule has 11 heteroatoms. The zero-order chi connectivity index (χ0) is 21.7. The van der Waals surface area contributed by atoms with E-state index in [1.165, 1.54) is 10.8 Å². The number of rotatable bonds is 7. The van der Waals surface area contributed by atoms with Crippen molar-refractivity contribution in [2.75, 3.05) is 6.61 Å². The standard InChI is InChI=1S/C19H22N6O5/c1-11-9-25(19(28)22-17(11)26)16-8-14(23-24-21)15(30-16)10-29-18(27)13(20)7-12-5-3-2-4-6-12/h2-6,9,13-16H,7-8,10,20H2,1H3,(H,22,26,28)/t13-,14-,15+,16+/m0/s1. The Hall–Kier alpha value is -3.40. The van der Waals surface area contributed by atoms with E-state index in [0.29, 0.717) is 12.0 Å². The van der Waals surface area contributed by atoms with E-state index < -0.39 is 41.6 Å². The molecule has 4 atom stereocenters. The molecule has 0 bridgehead atoms. The van der Waals surface area contributed by atoms with E-state index >= 15 is 0 Å². The lowest BCUT2D eigenvalue weighted by atomic mass is 10.1. The summed E-state index contributed by atoms with van der Waals surface area (Å²) in [6, 6.07) is 7.78. The number of H-pyrrole nitrogens is 1. The van der Waals surface area contributed by atoms with Crippen molar-refractivity contribution in [2.45, 2.75) is 44.2 Å². The molecule has 3 N–H and O–H groups in total. The fourth-order valence-corrected chi connectivity index (χ4v) is 3.25. The molecule has 0 radical (unpaired) electrons. The SMILES string of the molecule is Cc1cn([C@H]2C[C@H](N=[N+]=[N-])[C@@H](COC(=O)[C@@H](N)Cc3ccccc3)O2)c(=O)[nH]c1=O. The van der Waals surface area contributed by atoms with Crippen molar-refractivity contribution < 1.29 is 14.3 Å². The van der Waals surface area contributed by atoms with Crippen LogP contribution in [0.15, 0.2) is 51.2 Å². The first kappa shape index (κ1) is 21.3. The summed E-state index contributed by atoms with van der Waals surface area (Å²) in [5, 5.41) is 3.69. The van der Waals surface area contributed by atoms with Crippen LogP contribution in [0.25, 0.3) is 10.4 Å². The molecule has 0 saturated carbocycles. The number of carbonyl (C=O) groups excluding carboxylic acids is 1. The molecule has 0 spiro atoms. The summed E-state index contributed by atoms with van der Waals surface area (Å²) >= 11 is 0. The van der Waals surface area contributed by atoms with Crippen LogP contribution in [0.4, 0.5) is 0 Å². The molecule has 1 fully saturated rings. The average molecular weight is 414 g/mol. The monoisotopic (exact) mass is 414 g/mol. The molecule has 30 heavy (non-hydrogen) atoms. The van der Waals surface area contributed by atoms with E-state index in [-0.39, 0.29) is 13.0 Å². The first-order chi connectivity index (χ1) is 14.4. The first-order valence-electron chi connectivity index (χ1n) is 9.37. The Kier molecular flexibility index (Phi) is 6.68. The fraction of sp³-hybridized carbons (Fsp3) is 0.421. The molecular weight excluding hydrogens is 392 g/mol. The van der Waals surface area contributed by atoms with Gasteiger partial charge in [0.2, 0.25) is 0 Å². The van der Waals surface area contributed by atoms with Crippen LogP contribution in [0.3, 0.4) is 0 Å². The van der Waals surface area contributed by atoms with Crippen molar-refractivity contribution in [3.8, 4) is 0 Å². The number of aryl methyl sites for hydroxylation is 1. The van der Waals surface area contributed by atoms with Crippen molar-refractivity contribution in [3.63, 3.8) is 0 Å². The summed E-state index contributed by atoms with van der Waals surface area (Å²) in [4.78, 5) is 40.9. The molecule has 1 aromatic heterocycles. The third-order valence-electron chi connectivity index (χ3n) is 4.85. The Morgan fingerprint density at radius 3 is 2.87 bits per heavy atom. The summed E-state index contributed by atoms with van der Waals surface area (Å²) in [7, 11) is 0. The van der Waals surface area contributed by atoms with Gasteiger partial charge in [-0.2, -0.15) is 0 Å². The molecule has 0 unspecified atom stereocenters. The summed E-state index contributed by atoms with van der Waals surface area (Å²) in [6.45, 7) is 1.38. The molecule has 1 aromatic carbocycles. The van der Waals surface area contributed by atoms with E-state index in [1.807, 2.05) is 30.3 Å². The van der Waals surface area contributed by atoms with Gasteiger partial charge < -0.3 is 15.2 Å². The quantitative estimate of drug-likeness (QED) is 0.296. The van der Waals surface area contributed by atoms with Gasteiger partial charge in [0.05, 0.1) is 6.04 Å². The molecule has 2 aromatic rings. The predicted molar refractivity (Wildman–Crippen MR) is 107 cm³/mol. The molecule has 11 nitrogen and oxygen atoms in total. The molecule has 0 aliphatic carbocycles. The predicted octanol–water partition coefficient (Wildman–Crippen LogP) is 0.925. The van der Waals surface area contributed by atoms with Gasteiger partial charge in [-0.25, -0.2) is 4.79 Å². The highest BCUT2D eigenvalue weighted by atomic mass is 16.6. The second-order valence-corrected chi connectivity index (χ2v) is 7.04. The van der Waals surface area contributed by atoms with Crippen LogP contribution in [-0.4, -0.2) is 40.3 Å². The zero-order valence-corrected chi connectivity index (χ0v) is 16.3. The van der Waals surface area contributed by atoms with Gasteiger partial charge in [0.15, 0.2) is 0 Å². The smallest absolute Gasteiger partial charge is 0.330 e. The number of nitrogens with one attached hydrogen (secondary N) is 1. The number of benzene rings is 1. The third-order valence-corrected chi connectivity index (χ3v) is 4.85. The molecular formula is C19H22N6O5. The number of aromatic nitrogens is 2. The Balaban J connectivity index is 1.65. The molecule has 1 aliphatic rings. The highest BCUT2D eigenvalue weighted by Crippen LogP contribution is 2.30. The maximum absolute atomic E-state index is 12.3. The largest absolute Gasteiger partial charge is 0.462 e. The van der Waals surface area contributed by atoms with E-state index in [9.17, 15) is 14.4 Å². The number of nitrogens with zero attached hydrogens (tertiary/aromatic N) is 4. The van der Waals surface area contributed by atoms with E-state index in [1.54, 1.807) is 6.92 Å².